The second-order valence-electron chi connectivity index (χ2n) is 6.15. The van der Waals surface area contributed by atoms with Gasteiger partial charge in [-0.1, -0.05) is 0 Å². The number of nitrogens with zero attached hydrogens (tertiary/aromatic N) is 4. The Kier molecular flexibility index (Phi) is 3.57. The van der Waals surface area contributed by atoms with E-state index in [1.807, 2.05) is 18.3 Å². The summed E-state index contributed by atoms with van der Waals surface area (Å²) < 4.78 is 19.1. The van der Waals surface area contributed by atoms with Crippen LogP contribution < -0.4 is 10.2 Å². The van der Waals surface area contributed by atoms with Crippen molar-refractivity contribution in [1.82, 2.24) is 15.0 Å². The molecule has 2 aliphatic heterocycles. The van der Waals surface area contributed by atoms with Gasteiger partial charge in [0.2, 0.25) is 5.95 Å². The molecule has 2 atom stereocenters. The monoisotopic (exact) mass is 315 g/mol. The highest BCUT2D eigenvalue weighted by molar-refractivity contribution is 5.41. The molecule has 2 saturated heterocycles. The van der Waals surface area contributed by atoms with Gasteiger partial charge in [0.25, 0.3) is 0 Å². The van der Waals surface area contributed by atoms with Crippen LogP contribution in [0.1, 0.15) is 12.8 Å². The van der Waals surface area contributed by atoms with Crippen LogP contribution in [0.4, 0.5) is 16.0 Å². The average Bonchev–Trinajstić information content (AvgIpc) is 3.16. The molecule has 2 unspecified atom stereocenters. The summed E-state index contributed by atoms with van der Waals surface area (Å²) >= 11 is 0. The molecule has 7 heteroatoms. The van der Waals surface area contributed by atoms with E-state index in [0.29, 0.717) is 12.6 Å². The summed E-state index contributed by atoms with van der Waals surface area (Å²) in [5.74, 6) is 0.149. The molecule has 2 aromatic rings. The maximum atomic E-state index is 12.9. The first-order valence-electron chi connectivity index (χ1n) is 7.76. The minimum atomic E-state index is -0.416. The van der Waals surface area contributed by atoms with Gasteiger partial charge in [-0.2, -0.15) is 0 Å². The number of aromatic nitrogens is 3. The predicted octanol–water partition coefficient (Wildman–Crippen LogP) is 1.86. The molecule has 0 bridgehead atoms. The Morgan fingerprint density at radius 1 is 1.30 bits per heavy atom. The van der Waals surface area contributed by atoms with Crippen molar-refractivity contribution in [2.24, 2.45) is 0 Å². The number of nitrogens with one attached hydrogen (secondary N) is 1. The highest BCUT2D eigenvalue weighted by atomic mass is 19.1. The first-order chi connectivity index (χ1) is 11.2. The number of halogens is 1. The van der Waals surface area contributed by atoms with E-state index in [9.17, 15) is 4.39 Å². The highest BCUT2D eigenvalue weighted by Crippen LogP contribution is 2.37. The van der Waals surface area contributed by atoms with Gasteiger partial charge in [0, 0.05) is 25.4 Å². The van der Waals surface area contributed by atoms with E-state index in [4.69, 9.17) is 4.74 Å². The van der Waals surface area contributed by atoms with Crippen molar-refractivity contribution < 1.29 is 9.13 Å². The normalized spacial score (nSPS) is 26.8. The van der Waals surface area contributed by atoms with Crippen LogP contribution in [0, 0.1) is 5.82 Å². The third-order valence-corrected chi connectivity index (χ3v) is 4.45. The SMILES string of the molecule is Fc1cnc(N2CCC3(CC(Nc4cccnc4)CO3)C2)nc1. The summed E-state index contributed by atoms with van der Waals surface area (Å²) in [5.41, 5.74) is 0.840. The fourth-order valence-corrected chi connectivity index (χ4v) is 3.39. The van der Waals surface area contributed by atoms with Gasteiger partial charge in [-0.05, 0) is 18.6 Å². The lowest BCUT2D eigenvalue weighted by Gasteiger charge is -2.23. The molecule has 0 amide bonds. The zero-order chi connectivity index (χ0) is 15.7. The van der Waals surface area contributed by atoms with E-state index in [1.165, 1.54) is 12.4 Å². The Hall–Kier alpha value is -2.28. The standard InChI is InChI=1S/C16H18FN5O/c17-12-7-19-15(20-8-12)22-5-3-16(11-22)6-14(10-23-16)21-13-2-1-4-18-9-13/h1-2,4,7-9,14,21H,3,5-6,10-11H2. The van der Waals surface area contributed by atoms with E-state index in [2.05, 4.69) is 25.2 Å². The molecular formula is C16H18FN5O. The third kappa shape index (κ3) is 2.96. The minimum Gasteiger partial charge on any atom is -0.379 e. The molecule has 2 aliphatic rings. The molecule has 120 valence electrons. The van der Waals surface area contributed by atoms with Crippen LogP contribution in [0.2, 0.25) is 0 Å². The molecule has 0 aliphatic carbocycles. The minimum absolute atomic E-state index is 0.169. The van der Waals surface area contributed by atoms with Crippen molar-refractivity contribution in [2.45, 2.75) is 24.5 Å². The fourth-order valence-electron chi connectivity index (χ4n) is 3.39. The molecule has 0 radical (unpaired) electrons. The van der Waals surface area contributed by atoms with Crippen LogP contribution in [0.15, 0.2) is 36.9 Å². The number of pyridine rings is 1. The third-order valence-electron chi connectivity index (χ3n) is 4.45. The van der Waals surface area contributed by atoms with Gasteiger partial charge in [-0.25, -0.2) is 14.4 Å². The lowest BCUT2D eigenvalue weighted by Crippen LogP contribution is -2.34. The summed E-state index contributed by atoms with van der Waals surface area (Å²) in [6, 6.07) is 4.19. The van der Waals surface area contributed by atoms with Crippen LogP contribution in [-0.2, 0) is 4.74 Å². The lowest BCUT2D eigenvalue weighted by atomic mass is 9.97. The Bertz CT molecular complexity index is 668. The highest BCUT2D eigenvalue weighted by Gasteiger charge is 2.46. The van der Waals surface area contributed by atoms with Gasteiger partial charge in [-0.3, -0.25) is 4.98 Å². The lowest BCUT2D eigenvalue weighted by molar-refractivity contribution is 0.0228. The van der Waals surface area contributed by atoms with Crippen LogP contribution in [0.25, 0.3) is 0 Å². The summed E-state index contributed by atoms with van der Waals surface area (Å²) in [6.45, 7) is 2.24. The molecule has 2 aromatic heterocycles. The zero-order valence-corrected chi connectivity index (χ0v) is 12.7. The number of hydrogen-bond donors (Lipinski definition) is 1. The van der Waals surface area contributed by atoms with E-state index in [0.717, 1.165) is 31.6 Å². The number of rotatable bonds is 3. The van der Waals surface area contributed by atoms with Crippen molar-refractivity contribution in [3.63, 3.8) is 0 Å². The molecule has 6 nitrogen and oxygen atoms in total. The zero-order valence-electron chi connectivity index (χ0n) is 12.7. The second-order valence-corrected chi connectivity index (χ2v) is 6.15. The molecule has 4 rings (SSSR count). The summed E-state index contributed by atoms with van der Waals surface area (Å²) in [6.07, 6.45) is 7.84. The topological polar surface area (TPSA) is 63.2 Å². The van der Waals surface area contributed by atoms with Gasteiger partial charge < -0.3 is 15.0 Å². The van der Waals surface area contributed by atoms with E-state index < -0.39 is 5.82 Å². The Morgan fingerprint density at radius 2 is 2.17 bits per heavy atom. The smallest absolute Gasteiger partial charge is 0.225 e. The van der Waals surface area contributed by atoms with Gasteiger partial charge >= 0.3 is 0 Å². The van der Waals surface area contributed by atoms with E-state index in [1.54, 1.807) is 6.20 Å². The molecular weight excluding hydrogens is 297 g/mol. The maximum absolute atomic E-state index is 12.9. The fraction of sp³-hybridized carbons (Fsp3) is 0.438. The summed E-state index contributed by atoms with van der Waals surface area (Å²) in [5, 5.41) is 3.47. The van der Waals surface area contributed by atoms with Crippen molar-refractivity contribution in [2.75, 3.05) is 29.9 Å². The summed E-state index contributed by atoms with van der Waals surface area (Å²) in [7, 11) is 0. The van der Waals surface area contributed by atoms with Crippen LogP contribution in [0.5, 0.6) is 0 Å². The van der Waals surface area contributed by atoms with E-state index in [-0.39, 0.29) is 11.6 Å². The van der Waals surface area contributed by atoms with Crippen molar-refractivity contribution in [3.8, 4) is 0 Å². The first-order valence-corrected chi connectivity index (χ1v) is 7.76. The maximum Gasteiger partial charge on any atom is 0.225 e. The molecule has 1 N–H and O–H groups in total. The van der Waals surface area contributed by atoms with Crippen LogP contribution >= 0.6 is 0 Å². The molecule has 0 saturated carbocycles. The summed E-state index contributed by atoms with van der Waals surface area (Å²) in [4.78, 5) is 14.3. The van der Waals surface area contributed by atoms with Gasteiger partial charge in [0.15, 0.2) is 5.82 Å². The van der Waals surface area contributed by atoms with Crippen LogP contribution in [-0.4, -0.2) is 46.3 Å². The van der Waals surface area contributed by atoms with Gasteiger partial charge in [0.1, 0.15) is 0 Å². The largest absolute Gasteiger partial charge is 0.379 e. The Labute approximate surface area is 133 Å². The quantitative estimate of drug-likeness (QED) is 0.933. The van der Waals surface area contributed by atoms with Gasteiger partial charge in [-0.15, -0.1) is 0 Å². The molecule has 23 heavy (non-hydrogen) atoms. The van der Waals surface area contributed by atoms with Crippen molar-refractivity contribution in [3.05, 3.63) is 42.7 Å². The Morgan fingerprint density at radius 3 is 2.96 bits per heavy atom. The first kappa shape index (κ1) is 14.3. The van der Waals surface area contributed by atoms with E-state index >= 15 is 0 Å². The van der Waals surface area contributed by atoms with Gasteiger partial charge in [0.05, 0.1) is 42.9 Å². The number of anilines is 2. The number of hydrogen-bond acceptors (Lipinski definition) is 6. The van der Waals surface area contributed by atoms with Crippen molar-refractivity contribution >= 4 is 11.6 Å². The molecule has 2 fully saturated rings. The molecule has 4 heterocycles. The average molecular weight is 315 g/mol. The van der Waals surface area contributed by atoms with Crippen LogP contribution in [0.3, 0.4) is 0 Å². The number of ether oxygens (including phenoxy) is 1. The van der Waals surface area contributed by atoms with Crippen molar-refractivity contribution in [1.29, 1.82) is 0 Å². The molecule has 0 aromatic carbocycles. The molecule has 1 spiro atoms. The second kappa shape index (κ2) is 5.73. The Balaban J connectivity index is 1.40. The predicted molar refractivity (Wildman–Crippen MR) is 83.8 cm³/mol.